The van der Waals surface area contributed by atoms with Crippen molar-refractivity contribution in [3.05, 3.63) is 35.9 Å². The Balaban J connectivity index is 0.00000200. The average Bonchev–Trinajstić information content (AvgIpc) is 2.94. The molecule has 0 aromatic heterocycles. The summed E-state index contributed by atoms with van der Waals surface area (Å²) in [4.78, 5) is 14.3. The van der Waals surface area contributed by atoms with Gasteiger partial charge in [0.25, 0.3) is 0 Å². The molecule has 2 atom stereocenters. The van der Waals surface area contributed by atoms with Crippen molar-refractivity contribution in [1.82, 2.24) is 4.90 Å². The van der Waals surface area contributed by atoms with Crippen LogP contribution < -0.4 is 5.73 Å². The maximum Gasteiger partial charge on any atom is 0.223 e. The zero-order chi connectivity index (χ0) is 13.7. The third-order valence-corrected chi connectivity index (χ3v) is 4.16. The number of rotatable bonds is 5. The molecule has 1 aliphatic heterocycles. The van der Waals surface area contributed by atoms with Crippen LogP contribution in [0.25, 0.3) is 0 Å². The van der Waals surface area contributed by atoms with Gasteiger partial charge in [-0.1, -0.05) is 37.3 Å². The predicted octanol–water partition coefficient (Wildman–Crippen LogP) is 2.80. The van der Waals surface area contributed by atoms with Gasteiger partial charge in [0.2, 0.25) is 5.91 Å². The molecule has 1 heterocycles. The summed E-state index contributed by atoms with van der Waals surface area (Å²) in [6.45, 7) is 4.57. The van der Waals surface area contributed by atoms with Gasteiger partial charge in [0.05, 0.1) is 0 Å². The molecule has 0 radical (unpaired) electrons. The molecule has 1 aromatic carbocycles. The first-order valence-electron chi connectivity index (χ1n) is 7.27. The van der Waals surface area contributed by atoms with Gasteiger partial charge in [-0.05, 0) is 36.8 Å². The molecule has 2 unspecified atom stereocenters. The van der Waals surface area contributed by atoms with Crippen LogP contribution in [0.3, 0.4) is 0 Å². The highest BCUT2D eigenvalue weighted by molar-refractivity contribution is 5.85. The van der Waals surface area contributed by atoms with Gasteiger partial charge in [-0.25, -0.2) is 0 Å². The van der Waals surface area contributed by atoms with Gasteiger partial charge in [-0.2, -0.15) is 0 Å². The molecule has 1 aromatic rings. The number of carbonyl (C=O) groups is 1. The Labute approximate surface area is 127 Å². The summed E-state index contributed by atoms with van der Waals surface area (Å²) in [6, 6.07) is 10.3. The van der Waals surface area contributed by atoms with E-state index >= 15 is 0 Å². The van der Waals surface area contributed by atoms with Crippen LogP contribution in [0.15, 0.2) is 30.3 Å². The van der Waals surface area contributed by atoms with Gasteiger partial charge in [-0.15, -0.1) is 12.4 Å². The van der Waals surface area contributed by atoms with Gasteiger partial charge < -0.3 is 10.6 Å². The quantitative estimate of drug-likeness (QED) is 0.908. The van der Waals surface area contributed by atoms with Crippen molar-refractivity contribution in [2.45, 2.75) is 32.1 Å². The van der Waals surface area contributed by atoms with Crippen LogP contribution in [-0.4, -0.2) is 30.4 Å². The van der Waals surface area contributed by atoms with Crippen molar-refractivity contribution in [2.75, 3.05) is 19.6 Å². The van der Waals surface area contributed by atoms with Gasteiger partial charge in [0.15, 0.2) is 0 Å². The molecule has 0 saturated carbocycles. The minimum absolute atomic E-state index is 0. The molecule has 112 valence electrons. The Hall–Kier alpha value is -1.06. The Bertz CT molecular complexity index is 410. The number of halogens is 1. The van der Waals surface area contributed by atoms with Gasteiger partial charge in [0, 0.05) is 19.5 Å². The van der Waals surface area contributed by atoms with Crippen molar-refractivity contribution >= 4 is 18.3 Å². The number of carbonyl (C=O) groups excluding carboxylic acids is 1. The van der Waals surface area contributed by atoms with Gasteiger partial charge in [-0.3, -0.25) is 4.79 Å². The van der Waals surface area contributed by atoms with Gasteiger partial charge >= 0.3 is 0 Å². The molecular weight excluding hydrogens is 272 g/mol. The second-order valence-electron chi connectivity index (χ2n) is 5.45. The number of hydrogen-bond acceptors (Lipinski definition) is 2. The van der Waals surface area contributed by atoms with E-state index in [1.165, 1.54) is 5.56 Å². The van der Waals surface area contributed by atoms with Crippen LogP contribution in [-0.2, 0) is 4.79 Å². The minimum atomic E-state index is 0. The number of likely N-dealkylation sites (tertiary alicyclic amines) is 1. The summed E-state index contributed by atoms with van der Waals surface area (Å²) in [5.74, 6) is 1.12. The van der Waals surface area contributed by atoms with Crippen LogP contribution in [0.4, 0.5) is 0 Å². The summed E-state index contributed by atoms with van der Waals surface area (Å²) in [6.07, 6.45) is 2.69. The lowest BCUT2D eigenvalue weighted by Crippen LogP contribution is -2.30. The molecule has 1 aliphatic rings. The molecular formula is C16H25ClN2O. The molecule has 1 saturated heterocycles. The monoisotopic (exact) mass is 296 g/mol. The maximum atomic E-state index is 12.3. The second kappa shape index (κ2) is 8.28. The molecule has 4 heteroatoms. The summed E-state index contributed by atoms with van der Waals surface area (Å²) in [7, 11) is 0. The van der Waals surface area contributed by atoms with E-state index in [0.717, 1.165) is 25.9 Å². The van der Waals surface area contributed by atoms with Gasteiger partial charge in [0.1, 0.15) is 0 Å². The summed E-state index contributed by atoms with van der Waals surface area (Å²) >= 11 is 0. The zero-order valence-electron chi connectivity index (χ0n) is 12.1. The lowest BCUT2D eigenvalue weighted by molar-refractivity contribution is -0.130. The second-order valence-corrected chi connectivity index (χ2v) is 5.45. The fraction of sp³-hybridized carbons (Fsp3) is 0.562. The highest BCUT2D eigenvalue weighted by Crippen LogP contribution is 2.25. The van der Waals surface area contributed by atoms with E-state index in [4.69, 9.17) is 5.73 Å². The Morgan fingerprint density at radius 3 is 2.65 bits per heavy atom. The average molecular weight is 297 g/mol. The standard InChI is InChI=1S/C16H24N2O.ClH/c1-2-14(15-6-4-3-5-7-15)10-16(19)18-9-8-13(11-17)12-18;/h3-7,13-14H,2,8-12,17H2,1H3;1H. The van der Waals surface area contributed by atoms with Crippen LogP contribution in [0, 0.1) is 5.92 Å². The Morgan fingerprint density at radius 2 is 2.10 bits per heavy atom. The van der Waals surface area contributed by atoms with Crippen LogP contribution >= 0.6 is 12.4 Å². The van der Waals surface area contributed by atoms with Crippen molar-refractivity contribution in [3.63, 3.8) is 0 Å². The molecule has 2 rings (SSSR count). The van der Waals surface area contributed by atoms with E-state index in [0.29, 0.717) is 24.8 Å². The number of amides is 1. The molecule has 3 nitrogen and oxygen atoms in total. The molecule has 0 bridgehead atoms. The summed E-state index contributed by atoms with van der Waals surface area (Å²) < 4.78 is 0. The predicted molar refractivity (Wildman–Crippen MR) is 85.1 cm³/mol. The third-order valence-electron chi connectivity index (χ3n) is 4.16. The maximum absolute atomic E-state index is 12.3. The number of benzene rings is 1. The number of hydrogen-bond donors (Lipinski definition) is 1. The smallest absolute Gasteiger partial charge is 0.223 e. The first-order chi connectivity index (χ1) is 9.24. The SMILES string of the molecule is CCC(CC(=O)N1CCC(CN)C1)c1ccccc1.Cl. The molecule has 0 aliphatic carbocycles. The lowest BCUT2D eigenvalue weighted by atomic mass is 9.93. The Kier molecular flexibility index (Phi) is 7.03. The normalized spacial score (nSPS) is 19.5. The Morgan fingerprint density at radius 1 is 1.40 bits per heavy atom. The number of nitrogens with two attached hydrogens (primary N) is 1. The van der Waals surface area contributed by atoms with E-state index in [-0.39, 0.29) is 18.3 Å². The van der Waals surface area contributed by atoms with Crippen LogP contribution in [0.2, 0.25) is 0 Å². The van der Waals surface area contributed by atoms with Crippen molar-refractivity contribution in [1.29, 1.82) is 0 Å². The van der Waals surface area contributed by atoms with Crippen LogP contribution in [0.5, 0.6) is 0 Å². The van der Waals surface area contributed by atoms with Crippen molar-refractivity contribution < 1.29 is 4.79 Å². The van der Waals surface area contributed by atoms with E-state index < -0.39 is 0 Å². The topological polar surface area (TPSA) is 46.3 Å². The van der Waals surface area contributed by atoms with Crippen molar-refractivity contribution in [3.8, 4) is 0 Å². The summed E-state index contributed by atoms with van der Waals surface area (Å²) in [5.41, 5.74) is 6.95. The third kappa shape index (κ3) is 4.22. The molecule has 20 heavy (non-hydrogen) atoms. The highest BCUT2D eigenvalue weighted by atomic mass is 35.5. The largest absolute Gasteiger partial charge is 0.342 e. The highest BCUT2D eigenvalue weighted by Gasteiger charge is 2.26. The zero-order valence-corrected chi connectivity index (χ0v) is 12.9. The van der Waals surface area contributed by atoms with E-state index in [9.17, 15) is 4.79 Å². The first-order valence-corrected chi connectivity index (χ1v) is 7.27. The summed E-state index contributed by atoms with van der Waals surface area (Å²) in [5, 5.41) is 0. The van der Waals surface area contributed by atoms with E-state index in [1.54, 1.807) is 0 Å². The first kappa shape index (κ1) is 17.0. The number of nitrogens with zero attached hydrogens (tertiary/aromatic N) is 1. The minimum Gasteiger partial charge on any atom is -0.342 e. The fourth-order valence-electron chi connectivity index (χ4n) is 2.81. The lowest BCUT2D eigenvalue weighted by Gasteiger charge is -2.21. The fourth-order valence-corrected chi connectivity index (χ4v) is 2.81. The van der Waals surface area contributed by atoms with E-state index in [2.05, 4.69) is 19.1 Å². The molecule has 0 spiro atoms. The molecule has 1 fully saturated rings. The van der Waals surface area contributed by atoms with Crippen molar-refractivity contribution in [2.24, 2.45) is 11.7 Å². The van der Waals surface area contributed by atoms with Crippen LogP contribution in [0.1, 0.15) is 37.7 Å². The molecule has 1 amide bonds. The van der Waals surface area contributed by atoms with E-state index in [1.807, 2.05) is 23.1 Å². The molecule has 2 N–H and O–H groups in total.